The lowest BCUT2D eigenvalue weighted by Crippen LogP contribution is -2.04. The molecule has 4 N–H and O–H groups in total. The monoisotopic (exact) mass is 333 g/mol. The van der Waals surface area contributed by atoms with Gasteiger partial charge in [-0.2, -0.15) is 0 Å². The summed E-state index contributed by atoms with van der Waals surface area (Å²) in [7, 11) is 0. The molecule has 124 valence electrons. The number of nitrogens with two attached hydrogens (primary N) is 1. The highest BCUT2D eigenvalue weighted by Gasteiger charge is 2.17. The van der Waals surface area contributed by atoms with Crippen molar-refractivity contribution in [3.8, 4) is 11.4 Å². The number of imidazole rings is 1. The van der Waals surface area contributed by atoms with Crippen molar-refractivity contribution in [3.05, 3.63) is 64.8 Å². The van der Waals surface area contributed by atoms with Crippen molar-refractivity contribution in [1.82, 2.24) is 24.3 Å². The zero-order valence-electron chi connectivity index (χ0n) is 13.4. The summed E-state index contributed by atoms with van der Waals surface area (Å²) in [5, 5.41) is 3.15. The molecule has 4 rings (SSSR count). The highest BCUT2D eigenvalue weighted by molar-refractivity contribution is 5.78. The number of fused-ring (bicyclic) bond motifs is 1. The van der Waals surface area contributed by atoms with Gasteiger partial charge < -0.3 is 16.0 Å². The third-order valence-corrected chi connectivity index (χ3v) is 3.66. The molecule has 8 nitrogen and oxygen atoms in total. The van der Waals surface area contributed by atoms with Crippen LogP contribution in [0.25, 0.3) is 17.0 Å². The molecule has 25 heavy (non-hydrogen) atoms. The Bertz CT molecular complexity index is 1110. The topological polar surface area (TPSA) is 114 Å². The van der Waals surface area contributed by atoms with Gasteiger partial charge in [-0.3, -0.25) is 9.20 Å². The quantitative estimate of drug-likeness (QED) is 0.529. The predicted molar refractivity (Wildman–Crippen MR) is 95.7 cm³/mol. The largest absolute Gasteiger partial charge is 0.384 e. The second-order valence-corrected chi connectivity index (χ2v) is 5.53. The number of nitrogens with one attached hydrogen (secondary N) is 2. The molecular formula is C17H15N7O. The van der Waals surface area contributed by atoms with E-state index in [1.165, 1.54) is 12.1 Å². The lowest BCUT2D eigenvalue weighted by atomic mass is 10.2. The van der Waals surface area contributed by atoms with Crippen LogP contribution in [0.1, 0.15) is 5.82 Å². The molecule has 0 radical (unpaired) electrons. The lowest BCUT2D eigenvalue weighted by molar-refractivity contribution is 1.05. The summed E-state index contributed by atoms with van der Waals surface area (Å²) in [6.07, 6.45) is 3.47. The van der Waals surface area contributed by atoms with Crippen molar-refractivity contribution < 1.29 is 0 Å². The van der Waals surface area contributed by atoms with Crippen molar-refractivity contribution in [2.75, 3.05) is 11.1 Å². The number of pyridine rings is 2. The van der Waals surface area contributed by atoms with E-state index in [0.29, 0.717) is 29.0 Å². The average molecular weight is 333 g/mol. The fourth-order valence-corrected chi connectivity index (χ4v) is 2.69. The first-order chi connectivity index (χ1) is 12.1. The Morgan fingerprint density at radius 2 is 2.04 bits per heavy atom. The van der Waals surface area contributed by atoms with Crippen LogP contribution in [0.3, 0.4) is 0 Å². The molecule has 0 spiro atoms. The van der Waals surface area contributed by atoms with E-state index in [-0.39, 0.29) is 5.43 Å². The molecule has 0 amide bonds. The molecule has 4 heterocycles. The molecule has 4 aromatic heterocycles. The van der Waals surface area contributed by atoms with Gasteiger partial charge in [0.1, 0.15) is 28.8 Å². The van der Waals surface area contributed by atoms with Gasteiger partial charge in [-0.25, -0.2) is 15.0 Å². The van der Waals surface area contributed by atoms with E-state index in [1.54, 1.807) is 19.2 Å². The maximum absolute atomic E-state index is 11.6. The standard InChI is InChI=1S/C17H15N7O/c1-10-20-12(9-13(18)21-10)16-17(22-14-8-11(25)5-6-19-14)23-15-4-2-3-7-24(15)16/h2-9H,1H3,(H2,18,20,21)(H2,19,22,25). The molecule has 0 saturated carbocycles. The Balaban J connectivity index is 1.93. The summed E-state index contributed by atoms with van der Waals surface area (Å²) in [6.45, 7) is 1.78. The third-order valence-electron chi connectivity index (χ3n) is 3.66. The van der Waals surface area contributed by atoms with Gasteiger partial charge in [0.15, 0.2) is 11.2 Å². The minimum absolute atomic E-state index is 0.103. The maximum atomic E-state index is 11.6. The Kier molecular flexibility index (Phi) is 3.42. The van der Waals surface area contributed by atoms with E-state index < -0.39 is 0 Å². The summed E-state index contributed by atoms with van der Waals surface area (Å²) < 4.78 is 1.91. The molecule has 0 atom stereocenters. The minimum Gasteiger partial charge on any atom is -0.384 e. The number of hydrogen-bond donors (Lipinski definition) is 3. The second kappa shape index (κ2) is 5.75. The van der Waals surface area contributed by atoms with Crippen LogP contribution in [0.4, 0.5) is 17.5 Å². The van der Waals surface area contributed by atoms with Crippen LogP contribution in [0.5, 0.6) is 0 Å². The number of rotatable bonds is 3. The van der Waals surface area contributed by atoms with Gasteiger partial charge in [0.2, 0.25) is 0 Å². The Labute approximate surface area is 142 Å². The van der Waals surface area contributed by atoms with Gasteiger partial charge in [-0.05, 0) is 19.1 Å². The molecule has 0 aliphatic heterocycles. The van der Waals surface area contributed by atoms with Crippen LogP contribution in [0, 0.1) is 6.92 Å². The number of H-pyrrole nitrogens is 1. The normalized spacial score (nSPS) is 10.9. The van der Waals surface area contributed by atoms with E-state index in [4.69, 9.17) is 5.73 Å². The minimum atomic E-state index is -0.103. The second-order valence-electron chi connectivity index (χ2n) is 5.53. The zero-order chi connectivity index (χ0) is 17.4. The highest BCUT2D eigenvalue weighted by atomic mass is 16.1. The molecular weight excluding hydrogens is 318 g/mol. The van der Waals surface area contributed by atoms with Crippen molar-refractivity contribution in [1.29, 1.82) is 0 Å². The van der Waals surface area contributed by atoms with Crippen molar-refractivity contribution in [2.24, 2.45) is 0 Å². The third kappa shape index (κ3) is 2.80. The van der Waals surface area contributed by atoms with Crippen LogP contribution in [0.2, 0.25) is 0 Å². The Morgan fingerprint density at radius 1 is 1.16 bits per heavy atom. The van der Waals surface area contributed by atoms with Gasteiger partial charge >= 0.3 is 0 Å². The van der Waals surface area contributed by atoms with Crippen molar-refractivity contribution in [3.63, 3.8) is 0 Å². The average Bonchev–Trinajstić information content (AvgIpc) is 2.91. The van der Waals surface area contributed by atoms with Gasteiger partial charge in [-0.1, -0.05) is 6.07 Å². The summed E-state index contributed by atoms with van der Waals surface area (Å²) in [4.78, 5) is 27.8. The van der Waals surface area contributed by atoms with E-state index in [1.807, 2.05) is 28.8 Å². The van der Waals surface area contributed by atoms with E-state index in [9.17, 15) is 4.79 Å². The number of anilines is 3. The zero-order valence-corrected chi connectivity index (χ0v) is 13.4. The van der Waals surface area contributed by atoms with Crippen LogP contribution in [0.15, 0.2) is 53.6 Å². The molecule has 0 saturated heterocycles. The fourth-order valence-electron chi connectivity index (χ4n) is 2.69. The lowest BCUT2D eigenvalue weighted by Gasteiger charge is -2.08. The number of nitrogen functional groups attached to an aromatic ring is 1. The molecule has 0 fully saturated rings. The van der Waals surface area contributed by atoms with Crippen LogP contribution >= 0.6 is 0 Å². The molecule has 4 aromatic rings. The number of nitrogens with zero attached hydrogens (tertiary/aromatic N) is 4. The summed E-state index contributed by atoms with van der Waals surface area (Å²) in [6, 6.07) is 10.3. The first-order valence-electron chi connectivity index (χ1n) is 7.64. The highest BCUT2D eigenvalue weighted by Crippen LogP contribution is 2.30. The van der Waals surface area contributed by atoms with E-state index in [2.05, 4.69) is 25.3 Å². The van der Waals surface area contributed by atoms with Crippen LogP contribution < -0.4 is 16.5 Å². The SMILES string of the molecule is Cc1nc(N)cc(-c2c(Nc3cc(=O)cc[nH]3)nc3ccccn23)n1. The first-order valence-corrected chi connectivity index (χ1v) is 7.64. The molecule has 0 aliphatic rings. The number of aryl methyl sites for hydroxylation is 1. The molecule has 0 unspecified atom stereocenters. The summed E-state index contributed by atoms with van der Waals surface area (Å²) in [5.41, 5.74) is 7.90. The van der Waals surface area contributed by atoms with Crippen LogP contribution in [-0.2, 0) is 0 Å². The number of aromatic nitrogens is 5. The molecule has 0 aliphatic carbocycles. The van der Waals surface area contributed by atoms with Crippen LogP contribution in [-0.4, -0.2) is 24.3 Å². The molecule has 0 bridgehead atoms. The number of aromatic amines is 1. The van der Waals surface area contributed by atoms with E-state index in [0.717, 1.165) is 11.3 Å². The van der Waals surface area contributed by atoms with Crippen molar-refractivity contribution >= 4 is 23.1 Å². The summed E-state index contributed by atoms with van der Waals surface area (Å²) >= 11 is 0. The smallest absolute Gasteiger partial charge is 0.183 e. The predicted octanol–water partition coefficient (Wildman–Crippen LogP) is 2.11. The molecule has 0 aromatic carbocycles. The maximum Gasteiger partial charge on any atom is 0.183 e. The Morgan fingerprint density at radius 3 is 2.84 bits per heavy atom. The van der Waals surface area contributed by atoms with Gasteiger partial charge in [-0.15, -0.1) is 0 Å². The van der Waals surface area contributed by atoms with Gasteiger partial charge in [0.25, 0.3) is 0 Å². The molecule has 8 heteroatoms. The fraction of sp³-hybridized carbons (Fsp3) is 0.0588. The van der Waals surface area contributed by atoms with Gasteiger partial charge in [0, 0.05) is 30.6 Å². The van der Waals surface area contributed by atoms with E-state index >= 15 is 0 Å². The van der Waals surface area contributed by atoms with Crippen molar-refractivity contribution in [2.45, 2.75) is 6.92 Å². The first kappa shape index (κ1) is 14.9. The summed E-state index contributed by atoms with van der Waals surface area (Å²) in [5.74, 6) is 2.05. The van der Waals surface area contributed by atoms with Gasteiger partial charge in [0.05, 0.1) is 5.69 Å². The Hall–Kier alpha value is -3.68. The number of hydrogen-bond acceptors (Lipinski definition) is 6.